The van der Waals surface area contributed by atoms with Gasteiger partial charge in [-0.25, -0.2) is 17.6 Å². The number of carbonyl (C=O) groups is 1. The summed E-state index contributed by atoms with van der Waals surface area (Å²) in [7, 11) is -2.02. The molecular weight excluding hydrogens is 409 g/mol. The van der Waals surface area contributed by atoms with Gasteiger partial charge in [-0.15, -0.1) is 0 Å². The van der Waals surface area contributed by atoms with Gasteiger partial charge in [0, 0.05) is 25.3 Å². The SMILES string of the molecule is COc1ccc(NC(=O)NCCC2CCN(S(=O)(=O)c3ccc(F)cc3)CC2)cc1. The molecule has 30 heavy (non-hydrogen) atoms. The van der Waals surface area contributed by atoms with Crippen LogP contribution < -0.4 is 15.4 Å². The number of urea groups is 1. The average molecular weight is 436 g/mol. The molecule has 162 valence electrons. The van der Waals surface area contributed by atoms with E-state index in [1.165, 1.54) is 16.4 Å². The highest BCUT2D eigenvalue weighted by Crippen LogP contribution is 2.25. The van der Waals surface area contributed by atoms with Gasteiger partial charge in [-0.1, -0.05) is 0 Å². The quantitative estimate of drug-likeness (QED) is 0.697. The molecule has 2 aromatic rings. The van der Waals surface area contributed by atoms with Gasteiger partial charge in [-0.3, -0.25) is 0 Å². The number of benzene rings is 2. The molecule has 1 heterocycles. The minimum Gasteiger partial charge on any atom is -0.497 e. The molecule has 0 aromatic heterocycles. The molecule has 0 spiro atoms. The molecule has 0 bridgehead atoms. The number of nitrogens with one attached hydrogen (secondary N) is 2. The Balaban J connectivity index is 1.40. The number of hydrogen-bond donors (Lipinski definition) is 2. The van der Waals surface area contributed by atoms with Gasteiger partial charge in [-0.05, 0) is 73.7 Å². The van der Waals surface area contributed by atoms with Crippen molar-refractivity contribution in [2.24, 2.45) is 5.92 Å². The number of nitrogens with zero attached hydrogens (tertiary/aromatic N) is 1. The van der Waals surface area contributed by atoms with E-state index in [0.29, 0.717) is 37.0 Å². The van der Waals surface area contributed by atoms with E-state index in [1.807, 2.05) is 0 Å². The summed E-state index contributed by atoms with van der Waals surface area (Å²) in [5, 5.41) is 5.59. The van der Waals surface area contributed by atoms with E-state index in [1.54, 1.807) is 31.4 Å². The minimum absolute atomic E-state index is 0.110. The van der Waals surface area contributed by atoms with Crippen LogP contribution in [0.25, 0.3) is 0 Å². The summed E-state index contributed by atoms with van der Waals surface area (Å²) in [6, 6.07) is 11.7. The summed E-state index contributed by atoms with van der Waals surface area (Å²) in [6.45, 7) is 1.35. The number of carbonyl (C=O) groups excluding carboxylic acids is 1. The lowest BCUT2D eigenvalue weighted by molar-refractivity contribution is 0.245. The van der Waals surface area contributed by atoms with Gasteiger partial charge in [0.05, 0.1) is 12.0 Å². The number of piperidine rings is 1. The summed E-state index contributed by atoms with van der Waals surface area (Å²) in [6.07, 6.45) is 2.23. The van der Waals surface area contributed by atoms with Crippen LogP contribution in [0.15, 0.2) is 53.4 Å². The molecule has 0 radical (unpaired) electrons. The van der Waals surface area contributed by atoms with Gasteiger partial charge in [-0.2, -0.15) is 4.31 Å². The Morgan fingerprint density at radius 1 is 1.10 bits per heavy atom. The molecule has 1 aliphatic heterocycles. The molecule has 2 amide bonds. The van der Waals surface area contributed by atoms with Crippen molar-refractivity contribution in [1.82, 2.24) is 9.62 Å². The van der Waals surface area contributed by atoms with Crippen molar-refractivity contribution in [1.29, 1.82) is 0 Å². The molecule has 3 rings (SSSR count). The summed E-state index contributed by atoms with van der Waals surface area (Å²) in [5.74, 6) is 0.593. The highest BCUT2D eigenvalue weighted by molar-refractivity contribution is 7.89. The van der Waals surface area contributed by atoms with Gasteiger partial charge < -0.3 is 15.4 Å². The van der Waals surface area contributed by atoms with Crippen LogP contribution in [0.3, 0.4) is 0 Å². The van der Waals surface area contributed by atoms with Crippen LogP contribution in [0.1, 0.15) is 19.3 Å². The molecule has 2 N–H and O–H groups in total. The fourth-order valence-corrected chi connectivity index (χ4v) is 4.90. The zero-order valence-corrected chi connectivity index (χ0v) is 17.6. The number of anilines is 1. The number of sulfonamides is 1. The van der Waals surface area contributed by atoms with Crippen molar-refractivity contribution >= 4 is 21.7 Å². The van der Waals surface area contributed by atoms with Gasteiger partial charge >= 0.3 is 6.03 Å². The minimum atomic E-state index is -3.60. The van der Waals surface area contributed by atoms with Crippen molar-refractivity contribution < 1.29 is 22.3 Å². The predicted octanol–water partition coefficient (Wildman–Crippen LogP) is 3.45. The number of halogens is 1. The maximum absolute atomic E-state index is 13.0. The predicted molar refractivity (Wildman–Crippen MR) is 113 cm³/mol. The second kappa shape index (κ2) is 9.90. The molecule has 1 saturated heterocycles. The van der Waals surface area contributed by atoms with Gasteiger partial charge in [0.2, 0.25) is 10.0 Å². The third-order valence-corrected chi connectivity index (χ3v) is 7.12. The first-order chi connectivity index (χ1) is 14.4. The smallest absolute Gasteiger partial charge is 0.319 e. The maximum atomic E-state index is 13.0. The molecule has 7 nitrogen and oxygen atoms in total. The van der Waals surface area contributed by atoms with Crippen LogP contribution in [0.5, 0.6) is 5.75 Å². The standard InChI is InChI=1S/C21H26FN3O4S/c1-29-19-6-4-18(5-7-19)24-21(26)23-13-10-16-11-14-25(15-12-16)30(27,28)20-8-2-17(22)3-9-20/h2-9,16H,10-15H2,1H3,(H2,23,24,26). The molecule has 9 heteroatoms. The second-order valence-corrected chi connectivity index (χ2v) is 9.14. The van der Waals surface area contributed by atoms with Crippen molar-refractivity contribution in [3.63, 3.8) is 0 Å². The van der Waals surface area contributed by atoms with E-state index >= 15 is 0 Å². The van der Waals surface area contributed by atoms with Crippen LogP contribution >= 0.6 is 0 Å². The van der Waals surface area contributed by atoms with E-state index in [-0.39, 0.29) is 10.9 Å². The first-order valence-corrected chi connectivity index (χ1v) is 11.3. The van der Waals surface area contributed by atoms with Gasteiger partial charge in [0.25, 0.3) is 0 Å². The Bertz CT molecular complexity index is 941. The highest BCUT2D eigenvalue weighted by atomic mass is 32.2. The van der Waals surface area contributed by atoms with Gasteiger partial charge in [0.1, 0.15) is 11.6 Å². The number of hydrogen-bond acceptors (Lipinski definition) is 4. The number of ether oxygens (including phenoxy) is 1. The molecule has 1 fully saturated rings. The largest absolute Gasteiger partial charge is 0.497 e. The van der Waals surface area contributed by atoms with Crippen molar-refractivity contribution in [2.75, 3.05) is 32.1 Å². The van der Waals surface area contributed by atoms with Crippen LogP contribution in [-0.4, -0.2) is 45.5 Å². The van der Waals surface area contributed by atoms with E-state index in [4.69, 9.17) is 4.74 Å². The number of methoxy groups -OCH3 is 1. The summed E-state index contributed by atoms with van der Waals surface area (Å²) in [5.41, 5.74) is 0.674. The monoisotopic (exact) mass is 435 g/mol. The molecule has 0 aliphatic carbocycles. The Kier molecular flexibility index (Phi) is 7.28. The molecule has 1 aliphatic rings. The molecule has 0 saturated carbocycles. The van der Waals surface area contributed by atoms with Crippen molar-refractivity contribution in [3.8, 4) is 5.75 Å². The molecule has 0 atom stereocenters. The summed E-state index contributed by atoms with van der Waals surface area (Å²) in [4.78, 5) is 12.1. The van der Waals surface area contributed by atoms with E-state index in [9.17, 15) is 17.6 Å². The normalized spacial score (nSPS) is 15.5. The zero-order valence-electron chi connectivity index (χ0n) is 16.8. The first-order valence-electron chi connectivity index (χ1n) is 9.83. The zero-order chi connectivity index (χ0) is 21.6. The Labute approximate surface area is 176 Å². The Hall–Kier alpha value is -2.65. The Morgan fingerprint density at radius 2 is 1.73 bits per heavy atom. The fourth-order valence-electron chi connectivity index (χ4n) is 3.43. The molecular formula is C21H26FN3O4S. The van der Waals surface area contributed by atoms with E-state index in [0.717, 1.165) is 31.4 Å². The third kappa shape index (κ3) is 5.70. The lowest BCUT2D eigenvalue weighted by Gasteiger charge is -2.31. The van der Waals surface area contributed by atoms with Crippen LogP contribution in [0.4, 0.5) is 14.9 Å². The number of amides is 2. The summed E-state index contributed by atoms with van der Waals surface area (Å²) >= 11 is 0. The third-order valence-electron chi connectivity index (χ3n) is 5.21. The summed E-state index contributed by atoms with van der Waals surface area (Å²) < 4.78 is 44.9. The van der Waals surface area contributed by atoms with Gasteiger partial charge in [0.15, 0.2) is 0 Å². The highest BCUT2D eigenvalue weighted by Gasteiger charge is 2.29. The van der Waals surface area contributed by atoms with Crippen molar-refractivity contribution in [3.05, 3.63) is 54.3 Å². The van der Waals surface area contributed by atoms with E-state index in [2.05, 4.69) is 10.6 Å². The molecule has 2 aromatic carbocycles. The average Bonchev–Trinajstić information content (AvgIpc) is 2.75. The van der Waals surface area contributed by atoms with Crippen LogP contribution in [-0.2, 0) is 10.0 Å². The lowest BCUT2D eigenvalue weighted by Crippen LogP contribution is -2.39. The maximum Gasteiger partial charge on any atom is 0.319 e. The Morgan fingerprint density at radius 3 is 2.33 bits per heavy atom. The first kappa shape index (κ1) is 22.0. The molecule has 0 unspecified atom stereocenters. The topological polar surface area (TPSA) is 87.7 Å². The van der Waals surface area contributed by atoms with E-state index < -0.39 is 15.8 Å². The lowest BCUT2D eigenvalue weighted by atomic mass is 9.95. The van der Waals surface area contributed by atoms with Crippen LogP contribution in [0, 0.1) is 11.7 Å². The number of rotatable bonds is 7. The van der Waals surface area contributed by atoms with Crippen LogP contribution in [0.2, 0.25) is 0 Å². The fraction of sp³-hybridized carbons (Fsp3) is 0.381. The second-order valence-electron chi connectivity index (χ2n) is 7.20. The van der Waals surface area contributed by atoms with Crippen molar-refractivity contribution in [2.45, 2.75) is 24.2 Å².